The van der Waals surface area contributed by atoms with Crippen LogP contribution in [0.1, 0.15) is 24.4 Å². The number of aromatic nitrogens is 5. The average Bonchev–Trinajstić information content (AvgIpc) is 3.28. The highest BCUT2D eigenvalue weighted by atomic mass is 16.1. The van der Waals surface area contributed by atoms with Crippen LogP contribution in [0.25, 0.3) is 10.8 Å². The van der Waals surface area contributed by atoms with E-state index in [1.54, 1.807) is 17.1 Å². The van der Waals surface area contributed by atoms with Crippen LogP contribution in [-0.2, 0) is 11.2 Å². The molecular formula is C15H14N6O. The molecule has 4 rings (SSSR count). The molecule has 7 heteroatoms. The van der Waals surface area contributed by atoms with Crippen LogP contribution in [0.3, 0.4) is 0 Å². The number of hydrogen-bond donors (Lipinski definition) is 1. The summed E-state index contributed by atoms with van der Waals surface area (Å²) in [5.41, 5.74) is 0.961. The van der Waals surface area contributed by atoms with Crippen molar-refractivity contribution >= 4 is 22.6 Å². The highest BCUT2D eigenvalue weighted by Gasteiger charge is 2.28. The predicted molar refractivity (Wildman–Crippen MR) is 80.2 cm³/mol. The minimum atomic E-state index is -0.124. The van der Waals surface area contributed by atoms with Gasteiger partial charge in [-0.3, -0.25) is 15.1 Å². The predicted octanol–water partition coefficient (Wildman–Crippen LogP) is 1.74. The number of rotatable bonds is 4. The van der Waals surface area contributed by atoms with Gasteiger partial charge in [-0.25, -0.2) is 4.68 Å². The van der Waals surface area contributed by atoms with Gasteiger partial charge in [0.2, 0.25) is 11.9 Å². The first-order valence-corrected chi connectivity index (χ1v) is 7.20. The molecule has 1 fully saturated rings. The van der Waals surface area contributed by atoms with Crippen molar-refractivity contribution in [2.75, 3.05) is 5.32 Å². The minimum Gasteiger partial charge on any atom is -0.293 e. The Bertz CT molecular complexity index is 833. The molecule has 0 aliphatic heterocycles. The molecule has 2 heterocycles. The van der Waals surface area contributed by atoms with Gasteiger partial charge in [0.1, 0.15) is 0 Å². The molecule has 1 saturated carbocycles. The van der Waals surface area contributed by atoms with Gasteiger partial charge >= 0.3 is 0 Å². The average molecular weight is 294 g/mol. The third kappa shape index (κ3) is 2.41. The fourth-order valence-electron chi connectivity index (χ4n) is 2.53. The zero-order chi connectivity index (χ0) is 14.9. The molecular weight excluding hydrogens is 280 g/mol. The Morgan fingerprint density at radius 3 is 3.09 bits per heavy atom. The van der Waals surface area contributed by atoms with Gasteiger partial charge in [0.05, 0.1) is 12.5 Å². The maximum Gasteiger partial charge on any atom is 0.249 e. The Labute approximate surface area is 126 Å². The fourth-order valence-corrected chi connectivity index (χ4v) is 2.53. The number of amides is 1. The summed E-state index contributed by atoms with van der Waals surface area (Å²) in [6.45, 7) is 0. The van der Waals surface area contributed by atoms with Crippen molar-refractivity contribution in [3.8, 4) is 0 Å². The second kappa shape index (κ2) is 5.18. The molecule has 0 bridgehead atoms. The second-order valence-electron chi connectivity index (χ2n) is 5.42. The van der Waals surface area contributed by atoms with Crippen molar-refractivity contribution in [3.05, 3.63) is 42.2 Å². The summed E-state index contributed by atoms with van der Waals surface area (Å²) in [4.78, 5) is 16.4. The molecule has 1 aliphatic carbocycles. The highest BCUT2D eigenvalue weighted by Crippen LogP contribution is 2.35. The molecule has 0 spiro atoms. The Morgan fingerprint density at radius 2 is 2.23 bits per heavy atom. The topological polar surface area (TPSA) is 85.6 Å². The van der Waals surface area contributed by atoms with Crippen LogP contribution in [0, 0.1) is 0 Å². The Balaban J connectivity index is 1.55. The van der Waals surface area contributed by atoms with Gasteiger partial charge in [0.15, 0.2) is 0 Å². The van der Waals surface area contributed by atoms with Gasteiger partial charge in [0, 0.05) is 17.8 Å². The van der Waals surface area contributed by atoms with Crippen LogP contribution in [0.15, 0.2) is 36.7 Å². The second-order valence-corrected chi connectivity index (χ2v) is 5.42. The molecule has 0 atom stereocenters. The maximum absolute atomic E-state index is 12.3. The molecule has 1 amide bonds. The zero-order valence-corrected chi connectivity index (χ0v) is 11.8. The molecule has 3 aromatic rings. The number of carbonyl (C=O) groups is 1. The molecule has 0 saturated heterocycles. The van der Waals surface area contributed by atoms with Crippen molar-refractivity contribution in [3.63, 3.8) is 0 Å². The first-order valence-electron chi connectivity index (χ1n) is 7.20. The molecule has 1 N–H and O–H groups in total. The van der Waals surface area contributed by atoms with Gasteiger partial charge in [-0.15, -0.1) is 0 Å². The van der Waals surface area contributed by atoms with E-state index in [1.807, 2.05) is 24.3 Å². The lowest BCUT2D eigenvalue weighted by Gasteiger charge is -2.07. The molecule has 0 unspecified atom stereocenters. The van der Waals surface area contributed by atoms with Crippen molar-refractivity contribution in [2.45, 2.75) is 25.3 Å². The van der Waals surface area contributed by atoms with E-state index in [1.165, 1.54) is 0 Å². The third-order valence-electron chi connectivity index (χ3n) is 3.76. The third-order valence-corrected chi connectivity index (χ3v) is 3.76. The van der Waals surface area contributed by atoms with E-state index in [0.717, 1.165) is 29.2 Å². The first-order chi connectivity index (χ1) is 10.8. The summed E-state index contributed by atoms with van der Waals surface area (Å²) >= 11 is 0. The van der Waals surface area contributed by atoms with E-state index >= 15 is 0 Å². The van der Waals surface area contributed by atoms with Crippen molar-refractivity contribution in [1.29, 1.82) is 0 Å². The van der Waals surface area contributed by atoms with Crippen LogP contribution >= 0.6 is 0 Å². The van der Waals surface area contributed by atoms with E-state index in [2.05, 4.69) is 25.8 Å². The Hall–Kier alpha value is -2.83. The minimum absolute atomic E-state index is 0.124. The number of benzene rings is 1. The van der Waals surface area contributed by atoms with Crippen LogP contribution in [0.4, 0.5) is 5.95 Å². The lowest BCUT2D eigenvalue weighted by atomic mass is 10.0. The summed E-state index contributed by atoms with van der Waals surface area (Å²) in [6.07, 6.45) is 5.93. The summed E-state index contributed by atoms with van der Waals surface area (Å²) in [6, 6.07) is 8.12. The summed E-state index contributed by atoms with van der Waals surface area (Å²) in [5, 5.41) is 16.3. The smallest absolute Gasteiger partial charge is 0.249 e. The van der Waals surface area contributed by atoms with Crippen LogP contribution in [0.5, 0.6) is 0 Å². The highest BCUT2D eigenvalue weighted by molar-refractivity contribution is 5.95. The zero-order valence-electron chi connectivity index (χ0n) is 11.8. The number of nitrogens with one attached hydrogen (secondary N) is 1. The molecule has 1 aliphatic rings. The lowest BCUT2D eigenvalue weighted by Crippen LogP contribution is -2.18. The number of fused-ring (bicyclic) bond motifs is 1. The van der Waals surface area contributed by atoms with E-state index in [-0.39, 0.29) is 12.3 Å². The van der Waals surface area contributed by atoms with Gasteiger partial charge in [-0.05, 0) is 40.3 Å². The number of hydrogen-bond acceptors (Lipinski definition) is 5. The summed E-state index contributed by atoms with van der Waals surface area (Å²) in [5.74, 6) is 0.301. The maximum atomic E-state index is 12.3. The Kier molecular flexibility index (Phi) is 3.03. The van der Waals surface area contributed by atoms with E-state index in [4.69, 9.17) is 0 Å². The van der Waals surface area contributed by atoms with Crippen LogP contribution in [-0.4, -0.2) is 31.1 Å². The first kappa shape index (κ1) is 12.9. The number of anilines is 1. The van der Waals surface area contributed by atoms with Gasteiger partial charge < -0.3 is 0 Å². The van der Waals surface area contributed by atoms with Crippen molar-refractivity contribution in [2.24, 2.45) is 0 Å². The van der Waals surface area contributed by atoms with E-state index in [0.29, 0.717) is 12.0 Å². The molecule has 1 aromatic carbocycles. The Morgan fingerprint density at radius 1 is 1.32 bits per heavy atom. The summed E-state index contributed by atoms with van der Waals surface area (Å²) in [7, 11) is 0. The quantitative estimate of drug-likeness (QED) is 0.792. The van der Waals surface area contributed by atoms with Gasteiger partial charge in [0.25, 0.3) is 0 Å². The number of nitrogens with zero attached hydrogens (tertiary/aromatic N) is 5. The molecule has 0 radical (unpaired) electrons. The normalized spacial score (nSPS) is 14.2. The molecule has 7 nitrogen and oxygen atoms in total. The summed E-state index contributed by atoms with van der Waals surface area (Å²) < 4.78 is 1.69. The van der Waals surface area contributed by atoms with Crippen LogP contribution < -0.4 is 5.32 Å². The van der Waals surface area contributed by atoms with Crippen molar-refractivity contribution < 1.29 is 4.79 Å². The van der Waals surface area contributed by atoms with E-state index in [9.17, 15) is 4.79 Å². The largest absolute Gasteiger partial charge is 0.293 e. The molecule has 22 heavy (non-hydrogen) atoms. The van der Waals surface area contributed by atoms with Gasteiger partial charge in [-0.1, -0.05) is 23.3 Å². The van der Waals surface area contributed by atoms with Crippen molar-refractivity contribution in [1.82, 2.24) is 25.2 Å². The van der Waals surface area contributed by atoms with E-state index < -0.39 is 0 Å². The SMILES string of the molecule is O=C(Cc1cccc2cnccc12)Nc1nnnn1C1CC1. The van der Waals surface area contributed by atoms with Crippen LogP contribution in [0.2, 0.25) is 0 Å². The van der Waals surface area contributed by atoms with Gasteiger partial charge in [-0.2, -0.15) is 0 Å². The number of pyridine rings is 1. The monoisotopic (exact) mass is 294 g/mol. The standard InChI is InChI=1S/C15H14N6O/c22-14(17-15-18-19-20-21(15)12-4-5-12)8-10-2-1-3-11-9-16-7-6-13(10)11/h1-3,6-7,9,12H,4-5,8H2,(H,17,18,20,22). The molecule has 2 aromatic heterocycles. The fraction of sp³-hybridized carbons (Fsp3) is 0.267. The lowest BCUT2D eigenvalue weighted by molar-refractivity contribution is -0.115. The molecule has 110 valence electrons. The number of carbonyl (C=O) groups excluding carboxylic acids is 1. The number of tetrazole rings is 1.